The maximum atomic E-state index is 5.78. The van der Waals surface area contributed by atoms with Crippen LogP contribution in [0.1, 0.15) is 41.0 Å². The molecule has 0 amide bonds. The Balaban J connectivity index is 3.63. The van der Waals surface area contributed by atoms with Gasteiger partial charge in [0.2, 0.25) is 0 Å². The molecule has 0 aliphatic carbocycles. The van der Waals surface area contributed by atoms with Crippen LogP contribution >= 0.6 is 0 Å². The summed E-state index contributed by atoms with van der Waals surface area (Å²) < 4.78 is 5.78. The standard InChI is InChI=1S/C11H25NO/c1-10(2,3)7-8-13-11(4,5)9-12-6/h12H,7-9H2,1-6H3. The first-order chi connectivity index (χ1) is 5.77. The molecule has 0 aliphatic rings. The van der Waals surface area contributed by atoms with Crippen LogP contribution in [0.25, 0.3) is 0 Å². The average molecular weight is 187 g/mol. The van der Waals surface area contributed by atoms with Crippen molar-refractivity contribution in [1.82, 2.24) is 5.32 Å². The maximum absolute atomic E-state index is 5.78. The van der Waals surface area contributed by atoms with Gasteiger partial charge in [0.15, 0.2) is 0 Å². The Hall–Kier alpha value is -0.0800. The molecule has 0 fully saturated rings. The van der Waals surface area contributed by atoms with Crippen LogP contribution in [-0.2, 0) is 4.74 Å². The highest BCUT2D eigenvalue weighted by Crippen LogP contribution is 2.19. The van der Waals surface area contributed by atoms with Crippen LogP contribution < -0.4 is 5.32 Å². The molecule has 2 nitrogen and oxygen atoms in total. The molecule has 80 valence electrons. The Bertz CT molecular complexity index is 136. The molecule has 0 radical (unpaired) electrons. The fraction of sp³-hybridized carbons (Fsp3) is 1.00. The maximum Gasteiger partial charge on any atom is 0.0750 e. The monoisotopic (exact) mass is 187 g/mol. The number of likely N-dealkylation sites (N-methyl/N-ethyl adjacent to an activating group) is 1. The van der Waals surface area contributed by atoms with Gasteiger partial charge in [-0.2, -0.15) is 0 Å². The number of rotatable bonds is 5. The Morgan fingerprint density at radius 2 is 1.62 bits per heavy atom. The summed E-state index contributed by atoms with van der Waals surface area (Å²) in [6, 6.07) is 0. The second kappa shape index (κ2) is 4.97. The van der Waals surface area contributed by atoms with Crippen molar-refractivity contribution >= 4 is 0 Å². The summed E-state index contributed by atoms with van der Waals surface area (Å²) in [4.78, 5) is 0. The smallest absolute Gasteiger partial charge is 0.0750 e. The van der Waals surface area contributed by atoms with E-state index in [0.717, 1.165) is 19.6 Å². The first-order valence-corrected chi connectivity index (χ1v) is 5.05. The van der Waals surface area contributed by atoms with Crippen molar-refractivity contribution in [2.75, 3.05) is 20.2 Å². The fourth-order valence-electron chi connectivity index (χ4n) is 1.11. The lowest BCUT2D eigenvalue weighted by Crippen LogP contribution is -2.36. The summed E-state index contributed by atoms with van der Waals surface area (Å²) >= 11 is 0. The van der Waals surface area contributed by atoms with Crippen LogP contribution in [0.4, 0.5) is 0 Å². The molecule has 0 heterocycles. The zero-order valence-corrected chi connectivity index (χ0v) is 10.0. The predicted molar refractivity (Wildman–Crippen MR) is 58.0 cm³/mol. The summed E-state index contributed by atoms with van der Waals surface area (Å²) in [6.45, 7) is 12.7. The van der Waals surface area contributed by atoms with E-state index >= 15 is 0 Å². The Morgan fingerprint density at radius 1 is 1.08 bits per heavy atom. The van der Waals surface area contributed by atoms with Crippen LogP contribution in [0, 0.1) is 5.41 Å². The molecule has 0 atom stereocenters. The van der Waals surface area contributed by atoms with Crippen LogP contribution in [0.15, 0.2) is 0 Å². The summed E-state index contributed by atoms with van der Waals surface area (Å²) in [6.07, 6.45) is 1.11. The third-order valence-electron chi connectivity index (χ3n) is 1.95. The second-order valence-electron chi connectivity index (χ2n) is 5.45. The lowest BCUT2D eigenvalue weighted by molar-refractivity contribution is -0.0251. The van der Waals surface area contributed by atoms with Crippen molar-refractivity contribution in [2.45, 2.75) is 46.6 Å². The molecule has 0 bridgehead atoms. The summed E-state index contributed by atoms with van der Waals surface area (Å²) in [5.74, 6) is 0. The highest BCUT2D eigenvalue weighted by atomic mass is 16.5. The summed E-state index contributed by atoms with van der Waals surface area (Å²) in [7, 11) is 1.95. The molecule has 0 spiro atoms. The molecule has 0 aromatic heterocycles. The largest absolute Gasteiger partial charge is 0.374 e. The van der Waals surface area contributed by atoms with Crippen molar-refractivity contribution in [1.29, 1.82) is 0 Å². The van der Waals surface area contributed by atoms with Gasteiger partial charge in [0.05, 0.1) is 5.60 Å². The van der Waals surface area contributed by atoms with Crippen molar-refractivity contribution in [3.63, 3.8) is 0 Å². The molecule has 2 heteroatoms. The normalized spacial score (nSPS) is 13.4. The summed E-state index contributed by atoms with van der Waals surface area (Å²) in [5, 5.41) is 3.13. The van der Waals surface area contributed by atoms with Crippen LogP contribution in [0.3, 0.4) is 0 Å². The number of hydrogen-bond donors (Lipinski definition) is 1. The van der Waals surface area contributed by atoms with E-state index in [1.165, 1.54) is 0 Å². The van der Waals surface area contributed by atoms with E-state index in [9.17, 15) is 0 Å². The van der Waals surface area contributed by atoms with E-state index < -0.39 is 0 Å². The third-order valence-corrected chi connectivity index (χ3v) is 1.95. The topological polar surface area (TPSA) is 21.3 Å². The Kier molecular flexibility index (Phi) is 4.93. The van der Waals surface area contributed by atoms with E-state index in [0.29, 0.717) is 5.41 Å². The van der Waals surface area contributed by atoms with Crippen molar-refractivity contribution in [3.05, 3.63) is 0 Å². The molecule has 0 aromatic rings. The zero-order chi connectivity index (χ0) is 10.5. The van der Waals surface area contributed by atoms with Crippen molar-refractivity contribution < 1.29 is 4.74 Å². The van der Waals surface area contributed by atoms with E-state index in [1.807, 2.05) is 7.05 Å². The van der Waals surface area contributed by atoms with Gasteiger partial charge in [-0.05, 0) is 32.7 Å². The molecule has 0 saturated heterocycles. The number of nitrogens with one attached hydrogen (secondary N) is 1. The van der Waals surface area contributed by atoms with Gasteiger partial charge < -0.3 is 10.1 Å². The van der Waals surface area contributed by atoms with Gasteiger partial charge in [0.25, 0.3) is 0 Å². The first kappa shape index (κ1) is 12.9. The van der Waals surface area contributed by atoms with E-state index in [-0.39, 0.29) is 5.60 Å². The van der Waals surface area contributed by atoms with Gasteiger partial charge in [-0.15, -0.1) is 0 Å². The predicted octanol–water partition coefficient (Wildman–Crippen LogP) is 2.44. The molecular formula is C11H25NO. The van der Waals surface area contributed by atoms with Gasteiger partial charge in [-0.25, -0.2) is 0 Å². The molecule has 0 unspecified atom stereocenters. The summed E-state index contributed by atoms with van der Waals surface area (Å²) in [5.41, 5.74) is 0.329. The van der Waals surface area contributed by atoms with Crippen molar-refractivity contribution in [2.24, 2.45) is 5.41 Å². The highest BCUT2D eigenvalue weighted by Gasteiger charge is 2.18. The van der Waals surface area contributed by atoms with E-state index in [1.54, 1.807) is 0 Å². The third kappa shape index (κ3) is 8.26. The van der Waals surface area contributed by atoms with Gasteiger partial charge in [-0.1, -0.05) is 20.8 Å². The molecular weight excluding hydrogens is 162 g/mol. The van der Waals surface area contributed by atoms with Gasteiger partial charge in [0.1, 0.15) is 0 Å². The van der Waals surface area contributed by atoms with Crippen molar-refractivity contribution in [3.8, 4) is 0 Å². The molecule has 13 heavy (non-hydrogen) atoms. The molecule has 1 N–H and O–H groups in total. The fourth-order valence-corrected chi connectivity index (χ4v) is 1.11. The van der Waals surface area contributed by atoms with Gasteiger partial charge >= 0.3 is 0 Å². The molecule has 0 aliphatic heterocycles. The lowest BCUT2D eigenvalue weighted by atomic mass is 9.93. The minimum Gasteiger partial charge on any atom is -0.374 e. The molecule has 0 rings (SSSR count). The van der Waals surface area contributed by atoms with Gasteiger partial charge in [0, 0.05) is 13.2 Å². The average Bonchev–Trinajstić information content (AvgIpc) is 1.82. The SMILES string of the molecule is CNCC(C)(C)OCCC(C)(C)C. The lowest BCUT2D eigenvalue weighted by Gasteiger charge is -2.27. The Morgan fingerprint density at radius 3 is 2.00 bits per heavy atom. The van der Waals surface area contributed by atoms with Crippen LogP contribution in [-0.4, -0.2) is 25.8 Å². The molecule has 0 aromatic carbocycles. The Labute approximate surface area is 83.1 Å². The number of ether oxygens (including phenoxy) is 1. The van der Waals surface area contributed by atoms with E-state index in [4.69, 9.17) is 4.74 Å². The number of hydrogen-bond acceptors (Lipinski definition) is 2. The van der Waals surface area contributed by atoms with Gasteiger partial charge in [-0.3, -0.25) is 0 Å². The highest BCUT2D eigenvalue weighted by molar-refractivity contribution is 4.71. The second-order valence-corrected chi connectivity index (χ2v) is 5.45. The zero-order valence-electron chi connectivity index (χ0n) is 10.0. The van der Waals surface area contributed by atoms with Crippen LogP contribution in [0.2, 0.25) is 0 Å². The molecule has 0 saturated carbocycles. The quantitative estimate of drug-likeness (QED) is 0.714. The van der Waals surface area contributed by atoms with E-state index in [2.05, 4.69) is 39.9 Å². The minimum atomic E-state index is -0.0417. The first-order valence-electron chi connectivity index (χ1n) is 5.05. The van der Waals surface area contributed by atoms with Crippen LogP contribution in [0.5, 0.6) is 0 Å². The minimum absolute atomic E-state index is 0.0417.